The van der Waals surface area contributed by atoms with Crippen molar-refractivity contribution in [1.29, 1.82) is 0 Å². The van der Waals surface area contributed by atoms with E-state index in [1.54, 1.807) is 30.5 Å². The highest BCUT2D eigenvalue weighted by Gasteiger charge is 2.52. The number of hydrogen-bond acceptors (Lipinski definition) is 7. The fourth-order valence-corrected chi connectivity index (χ4v) is 4.50. The van der Waals surface area contributed by atoms with E-state index >= 15 is 0 Å². The van der Waals surface area contributed by atoms with Gasteiger partial charge in [-0.1, -0.05) is 17.7 Å². The largest absolute Gasteiger partial charge is 0.486 e. The number of aromatic nitrogens is 3. The van der Waals surface area contributed by atoms with Crippen molar-refractivity contribution in [2.75, 3.05) is 6.61 Å². The van der Waals surface area contributed by atoms with Crippen LogP contribution in [0.3, 0.4) is 0 Å². The maximum Gasteiger partial charge on any atom is 0.486 e. The van der Waals surface area contributed by atoms with Crippen LogP contribution in [-0.4, -0.2) is 56.0 Å². The van der Waals surface area contributed by atoms with E-state index in [2.05, 4.69) is 14.7 Å². The standard InChI is InChI=1S/C21H20ClF2N3O5/c1-10-13-4-6-27(19(13)26-9-25-10)20-16(29)15(28)18(31-20)17-14-3-2-12(22)8-11(14)5-7-30-21(23,24)32-17/h2-4,6,8-9,15-18,20,28-29H,5,7H2,1H3/t15-,16+,17+,18-,20+/m0/s1. The first-order valence-corrected chi connectivity index (χ1v) is 10.4. The Morgan fingerprint density at radius 1 is 1.19 bits per heavy atom. The van der Waals surface area contributed by atoms with E-state index in [-0.39, 0.29) is 13.0 Å². The van der Waals surface area contributed by atoms with Crippen molar-refractivity contribution in [3.63, 3.8) is 0 Å². The highest BCUT2D eigenvalue weighted by Crippen LogP contribution is 2.43. The Bertz CT molecular complexity index is 1160. The number of ether oxygens (including phenoxy) is 3. The number of aliphatic hydroxyl groups excluding tert-OH is 2. The number of aliphatic hydroxyl groups is 2. The first kappa shape index (κ1) is 21.6. The van der Waals surface area contributed by atoms with Crippen LogP contribution in [0.15, 0.2) is 36.8 Å². The van der Waals surface area contributed by atoms with Crippen LogP contribution in [0.5, 0.6) is 0 Å². The summed E-state index contributed by atoms with van der Waals surface area (Å²) >= 11 is 6.08. The lowest BCUT2D eigenvalue weighted by Gasteiger charge is -2.32. The second-order valence-electron chi connectivity index (χ2n) is 7.84. The minimum atomic E-state index is -3.90. The molecule has 5 rings (SSSR count). The van der Waals surface area contributed by atoms with Crippen molar-refractivity contribution >= 4 is 22.6 Å². The Hall–Kier alpha value is -2.21. The number of nitrogens with zero attached hydrogens (tertiary/aromatic N) is 3. The van der Waals surface area contributed by atoms with Crippen LogP contribution in [0.25, 0.3) is 11.0 Å². The summed E-state index contributed by atoms with van der Waals surface area (Å²) in [4.78, 5) is 8.36. The molecule has 8 nitrogen and oxygen atoms in total. The van der Waals surface area contributed by atoms with E-state index in [4.69, 9.17) is 21.1 Å². The molecule has 0 spiro atoms. The molecule has 11 heteroatoms. The normalized spacial score (nSPS) is 30.1. The Kier molecular flexibility index (Phi) is 5.39. The Labute approximate surface area is 186 Å². The molecule has 2 aromatic heterocycles. The molecule has 2 aliphatic rings. The second-order valence-corrected chi connectivity index (χ2v) is 8.27. The van der Waals surface area contributed by atoms with Gasteiger partial charge >= 0.3 is 6.29 Å². The second kappa shape index (κ2) is 7.98. The van der Waals surface area contributed by atoms with Crippen LogP contribution >= 0.6 is 11.6 Å². The van der Waals surface area contributed by atoms with Crippen molar-refractivity contribution in [2.24, 2.45) is 0 Å². The van der Waals surface area contributed by atoms with Gasteiger partial charge in [0.1, 0.15) is 36.4 Å². The SMILES string of the molecule is Cc1ncnc2c1ccn2[C@@H]1O[C@H]([C@@H]2OC(F)(F)OCCc3cc(Cl)ccc32)[C@@H](O)[C@H]1O. The molecule has 0 unspecified atom stereocenters. The van der Waals surface area contributed by atoms with E-state index in [9.17, 15) is 19.0 Å². The maximum atomic E-state index is 14.3. The van der Waals surface area contributed by atoms with Gasteiger partial charge in [0.15, 0.2) is 6.23 Å². The Morgan fingerprint density at radius 2 is 2.00 bits per heavy atom. The summed E-state index contributed by atoms with van der Waals surface area (Å²) in [5, 5.41) is 22.7. The predicted octanol–water partition coefficient (Wildman–Crippen LogP) is 2.89. The molecule has 0 bridgehead atoms. The van der Waals surface area contributed by atoms with Crippen LogP contribution in [0, 0.1) is 6.92 Å². The van der Waals surface area contributed by atoms with Crippen molar-refractivity contribution in [1.82, 2.24) is 14.5 Å². The zero-order chi connectivity index (χ0) is 22.6. The van der Waals surface area contributed by atoms with Crippen molar-refractivity contribution in [3.8, 4) is 0 Å². The smallest absolute Gasteiger partial charge is 0.387 e. The average molecular weight is 468 g/mol. The van der Waals surface area contributed by atoms with Gasteiger partial charge in [0.05, 0.1) is 12.3 Å². The number of benzene rings is 1. The zero-order valence-electron chi connectivity index (χ0n) is 16.9. The monoisotopic (exact) mass is 467 g/mol. The predicted molar refractivity (Wildman–Crippen MR) is 108 cm³/mol. The van der Waals surface area contributed by atoms with Gasteiger partial charge in [0.25, 0.3) is 0 Å². The summed E-state index contributed by atoms with van der Waals surface area (Å²) in [5.41, 5.74) is 2.21. The fourth-order valence-electron chi connectivity index (χ4n) is 4.31. The van der Waals surface area contributed by atoms with Gasteiger partial charge in [-0.3, -0.25) is 9.47 Å². The average Bonchev–Trinajstić information content (AvgIpc) is 3.28. The summed E-state index contributed by atoms with van der Waals surface area (Å²) in [6, 6.07) is 6.49. The number of fused-ring (bicyclic) bond motifs is 2. The molecular weight excluding hydrogens is 448 g/mol. The van der Waals surface area contributed by atoms with Crippen LogP contribution in [0.4, 0.5) is 8.78 Å². The third-order valence-electron chi connectivity index (χ3n) is 5.87. The quantitative estimate of drug-likeness (QED) is 0.598. The van der Waals surface area contributed by atoms with E-state index in [1.165, 1.54) is 10.9 Å². The molecule has 0 saturated carbocycles. The molecule has 1 fully saturated rings. The maximum absolute atomic E-state index is 14.3. The number of aryl methyl sites for hydroxylation is 1. The minimum absolute atomic E-state index is 0.165. The van der Waals surface area contributed by atoms with Crippen LogP contribution in [-0.2, 0) is 20.6 Å². The minimum Gasteiger partial charge on any atom is -0.387 e. The van der Waals surface area contributed by atoms with Gasteiger partial charge in [-0.15, -0.1) is 8.78 Å². The summed E-state index contributed by atoms with van der Waals surface area (Å²) in [6.45, 7) is 1.53. The van der Waals surface area contributed by atoms with Crippen molar-refractivity contribution in [3.05, 3.63) is 58.6 Å². The molecule has 170 valence electrons. The third-order valence-corrected chi connectivity index (χ3v) is 6.11. The van der Waals surface area contributed by atoms with Gasteiger partial charge in [-0.05, 0) is 42.7 Å². The molecule has 4 heterocycles. The van der Waals surface area contributed by atoms with E-state index in [1.807, 2.05) is 6.92 Å². The first-order chi connectivity index (χ1) is 15.2. The van der Waals surface area contributed by atoms with Crippen molar-refractivity contribution in [2.45, 2.75) is 50.3 Å². The molecule has 5 atom stereocenters. The first-order valence-electron chi connectivity index (χ1n) is 10.0. The number of rotatable bonds is 2. The van der Waals surface area contributed by atoms with Crippen LogP contribution < -0.4 is 0 Å². The summed E-state index contributed by atoms with van der Waals surface area (Å²) in [6.07, 6.45) is -7.50. The molecule has 0 radical (unpaired) electrons. The lowest BCUT2D eigenvalue weighted by molar-refractivity contribution is -0.417. The third kappa shape index (κ3) is 3.66. The molecule has 32 heavy (non-hydrogen) atoms. The lowest BCUT2D eigenvalue weighted by atomic mass is 9.93. The van der Waals surface area contributed by atoms with Gasteiger partial charge in [0.2, 0.25) is 0 Å². The molecule has 0 amide bonds. The number of halogens is 3. The van der Waals surface area contributed by atoms with Gasteiger partial charge in [0, 0.05) is 16.6 Å². The summed E-state index contributed by atoms with van der Waals surface area (Å²) in [5.74, 6) is 0. The van der Waals surface area contributed by atoms with Crippen LogP contribution in [0.1, 0.15) is 29.2 Å². The molecule has 2 N–H and O–H groups in total. The fraction of sp³-hybridized carbons (Fsp3) is 0.429. The molecule has 1 saturated heterocycles. The summed E-state index contributed by atoms with van der Waals surface area (Å²) < 4.78 is 45.6. The topological polar surface area (TPSA) is 98.9 Å². The van der Waals surface area contributed by atoms with Crippen molar-refractivity contribution < 1.29 is 33.2 Å². The highest BCUT2D eigenvalue weighted by molar-refractivity contribution is 6.30. The van der Waals surface area contributed by atoms with E-state index in [0.717, 1.165) is 11.1 Å². The lowest BCUT2D eigenvalue weighted by Crippen LogP contribution is -2.41. The Morgan fingerprint density at radius 3 is 2.81 bits per heavy atom. The Balaban J connectivity index is 1.54. The van der Waals surface area contributed by atoms with Gasteiger partial charge in [-0.25, -0.2) is 9.97 Å². The highest BCUT2D eigenvalue weighted by atomic mass is 35.5. The molecule has 1 aromatic carbocycles. The zero-order valence-corrected chi connectivity index (χ0v) is 17.6. The molecule has 0 aliphatic carbocycles. The summed E-state index contributed by atoms with van der Waals surface area (Å²) in [7, 11) is 0. The molecule has 3 aromatic rings. The van der Waals surface area contributed by atoms with Gasteiger partial charge < -0.3 is 19.5 Å². The number of alkyl halides is 2. The van der Waals surface area contributed by atoms with Crippen LogP contribution in [0.2, 0.25) is 5.02 Å². The van der Waals surface area contributed by atoms with E-state index in [0.29, 0.717) is 21.8 Å². The molecule has 2 aliphatic heterocycles. The number of hydrogen-bond donors (Lipinski definition) is 2. The van der Waals surface area contributed by atoms with Gasteiger partial charge in [-0.2, -0.15) is 0 Å². The van der Waals surface area contributed by atoms with E-state index < -0.39 is 36.9 Å². The molecular formula is C21H20ClF2N3O5.